The molecule has 0 aromatic rings. The third-order valence-corrected chi connectivity index (χ3v) is 2.03. The van der Waals surface area contributed by atoms with Gasteiger partial charge in [0.2, 0.25) is 0 Å². The van der Waals surface area contributed by atoms with Crippen molar-refractivity contribution in [3.8, 4) is 0 Å². The van der Waals surface area contributed by atoms with Gasteiger partial charge in [0, 0.05) is 6.61 Å². The standard InChI is InChI=1S/C9H18O7/c1-2-16-4-6(12)8(14)9(15)7(13)5(11)3-10/h5,7-11,13-15H,2-4H2,1H3/t5-,7-,8-,9+/m1/s1. The number of carbonyl (C=O) groups excluding carboxylic acids is 1. The van der Waals surface area contributed by atoms with Crippen LogP contribution in [0, 0.1) is 0 Å². The third kappa shape index (κ3) is 4.52. The van der Waals surface area contributed by atoms with Gasteiger partial charge in [-0.3, -0.25) is 4.79 Å². The first-order valence-corrected chi connectivity index (χ1v) is 4.89. The molecule has 0 bridgehead atoms. The quantitative estimate of drug-likeness (QED) is 0.305. The van der Waals surface area contributed by atoms with E-state index in [0.29, 0.717) is 0 Å². The number of Topliss-reactive ketones (excluding diaryl/α,β-unsaturated/α-hetero) is 1. The van der Waals surface area contributed by atoms with Crippen molar-refractivity contribution in [2.45, 2.75) is 31.3 Å². The molecule has 0 radical (unpaired) electrons. The van der Waals surface area contributed by atoms with Crippen molar-refractivity contribution in [2.75, 3.05) is 19.8 Å². The number of ether oxygens (including phenoxy) is 1. The first kappa shape index (κ1) is 15.4. The number of rotatable bonds is 8. The monoisotopic (exact) mass is 238 g/mol. The summed E-state index contributed by atoms with van der Waals surface area (Å²) in [6.07, 6.45) is -7.15. The Hall–Kier alpha value is -0.570. The predicted molar refractivity (Wildman–Crippen MR) is 52.6 cm³/mol. The van der Waals surface area contributed by atoms with E-state index < -0.39 is 43.4 Å². The summed E-state index contributed by atoms with van der Waals surface area (Å²) in [5.41, 5.74) is 0. The lowest BCUT2D eigenvalue weighted by molar-refractivity contribution is -0.150. The summed E-state index contributed by atoms with van der Waals surface area (Å²) >= 11 is 0. The summed E-state index contributed by atoms with van der Waals surface area (Å²) < 4.78 is 4.72. The predicted octanol–water partition coefficient (Wildman–Crippen LogP) is -2.97. The molecular formula is C9H18O7. The zero-order valence-corrected chi connectivity index (χ0v) is 8.98. The summed E-state index contributed by atoms with van der Waals surface area (Å²) in [4.78, 5) is 11.2. The second-order valence-corrected chi connectivity index (χ2v) is 3.28. The van der Waals surface area contributed by atoms with E-state index in [2.05, 4.69) is 0 Å². The molecule has 0 aromatic heterocycles. The van der Waals surface area contributed by atoms with Gasteiger partial charge in [-0.1, -0.05) is 0 Å². The molecule has 0 rings (SSSR count). The molecule has 4 atom stereocenters. The number of carbonyl (C=O) groups is 1. The van der Waals surface area contributed by atoms with E-state index in [4.69, 9.17) is 14.9 Å². The van der Waals surface area contributed by atoms with Crippen molar-refractivity contribution in [2.24, 2.45) is 0 Å². The van der Waals surface area contributed by atoms with E-state index >= 15 is 0 Å². The Morgan fingerprint density at radius 3 is 2.19 bits per heavy atom. The molecule has 0 saturated carbocycles. The average Bonchev–Trinajstić information content (AvgIpc) is 2.31. The van der Waals surface area contributed by atoms with Crippen LogP contribution in [0.2, 0.25) is 0 Å². The SMILES string of the molecule is CCOCC(=O)[C@@H](O)[C@@H](O)[C@H](O)[C@H](O)CO. The Bertz CT molecular complexity index is 208. The smallest absolute Gasteiger partial charge is 0.189 e. The molecule has 0 aliphatic rings. The summed E-state index contributed by atoms with van der Waals surface area (Å²) in [5, 5.41) is 45.3. The number of hydrogen-bond acceptors (Lipinski definition) is 7. The fourth-order valence-corrected chi connectivity index (χ4v) is 1.00. The van der Waals surface area contributed by atoms with Crippen LogP contribution in [0.15, 0.2) is 0 Å². The maximum Gasteiger partial charge on any atom is 0.189 e. The molecule has 0 aromatic carbocycles. The molecule has 0 amide bonds. The summed E-state index contributed by atoms with van der Waals surface area (Å²) in [6.45, 7) is 0.748. The van der Waals surface area contributed by atoms with Crippen molar-refractivity contribution in [3.05, 3.63) is 0 Å². The molecule has 0 saturated heterocycles. The van der Waals surface area contributed by atoms with Crippen LogP contribution in [0.1, 0.15) is 6.92 Å². The van der Waals surface area contributed by atoms with Gasteiger partial charge >= 0.3 is 0 Å². The van der Waals surface area contributed by atoms with Gasteiger partial charge in [-0.2, -0.15) is 0 Å². The summed E-state index contributed by atoms with van der Waals surface area (Å²) in [6, 6.07) is 0. The number of aliphatic hydroxyl groups excluding tert-OH is 5. The molecule has 0 fully saturated rings. The van der Waals surface area contributed by atoms with E-state index in [1.165, 1.54) is 0 Å². The Labute approximate surface area is 92.9 Å². The number of ketones is 1. The maximum atomic E-state index is 11.2. The van der Waals surface area contributed by atoms with Gasteiger partial charge in [0.25, 0.3) is 0 Å². The van der Waals surface area contributed by atoms with E-state index in [1.54, 1.807) is 6.92 Å². The zero-order chi connectivity index (χ0) is 12.7. The second kappa shape index (κ2) is 7.66. The molecular weight excluding hydrogens is 220 g/mol. The van der Waals surface area contributed by atoms with E-state index in [-0.39, 0.29) is 6.61 Å². The highest BCUT2D eigenvalue weighted by Crippen LogP contribution is 2.06. The van der Waals surface area contributed by atoms with Gasteiger partial charge in [0.1, 0.15) is 31.0 Å². The Kier molecular flexibility index (Phi) is 7.39. The minimum absolute atomic E-state index is 0.274. The van der Waals surface area contributed by atoms with E-state index in [1.807, 2.05) is 0 Å². The fourth-order valence-electron chi connectivity index (χ4n) is 1.00. The molecule has 0 unspecified atom stereocenters. The van der Waals surface area contributed by atoms with Gasteiger partial charge < -0.3 is 30.3 Å². The molecule has 7 heteroatoms. The molecule has 7 nitrogen and oxygen atoms in total. The zero-order valence-electron chi connectivity index (χ0n) is 8.98. The highest BCUT2D eigenvalue weighted by molar-refractivity contribution is 5.84. The Morgan fingerprint density at radius 2 is 1.75 bits per heavy atom. The van der Waals surface area contributed by atoms with Crippen molar-refractivity contribution < 1.29 is 35.1 Å². The van der Waals surface area contributed by atoms with Crippen LogP contribution in [0.5, 0.6) is 0 Å². The van der Waals surface area contributed by atoms with Gasteiger partial charge in [0.05, 0.1) is 6.61 Å². The highest BCUT2D eigenvalue weighted by atomic mass is 16.5. The third-order valence-electron chi connectivity index (χ3n) is 2.03. The summed E-state index contributed by atoms with van der Waals surface area (Å²) in [5.74, 6) is -0.807. The topological polar surface area (TPSA) is 127 Å². The van der Waals surface area contributed by atoms with Crippen LogP contribution in [0.25, 0.3) is 0 Å². The molecule has 96 valence electrons. The van der Waals surface area contributed by atoms with Crippen LogP contribution in [0.3, 0.4) is 0 Å². The van der Waals surface area contributed by atoms with E-state index in [0.717, 1.165) is 0 Å². The second-order valence-electron chi connectivity index (χ2n) is 3.28. The highest BCUT2D eigenvalue weighted by Gasteiger charge is 2.33. The van der Waals surface area contributed by atoms with Crippen molar-refractivity contribution in [1.82, 2.24) is 0 Å². The van der Waals surface area contributed by atoms with Crippen LogP contribution >= 0.6 is 0 Å². The van der Waals surface area contributed by atoms with Crippen LogP contribution in [-0.4, -0.2) is 75.6 Å². The molecule has 16 heavy (non-hydrogen) atoms. The van der Waals surface area contributed by atoms with Gasteiger partial charge in [-0.15, -0.1) is 0 Å². The van der Waals surface area contributed by atoms with E-state index in [9.17, 15) is 20.1 Å². The molecule has 0 spiro atoms. The van der Waals surface area contributed by atoms with Gasteiger partial charge in [-0.05, 0) is 6.92 Å². The molecule has 0 aliphatic heterocycles. The summed E-state index contributed by atoms with van der Waals surface area (Å²) in [7, 11) is 0. The fraction of sp³-hybridized carbons (Fsp3) is 0.889. The van der Waals surface area contributed by atoms with Gasteiger partial charge in [-0.25, -0.2) is 0 Å². The van der Waals surface area contributed by atoms with Crippen molar-refractivity contribution >= 4 is 5.78 Å². The minimum atomic E-state index is -1.87. The Balaban J connectivity index is 4.25. The largest absolute Gasteiger partial charge is 0.394 e. The first-order chi connectivity index (χ1) is 7.45. The van der Waals surface area contributed by atoms with Crippen molar-refractivity contribution in [3.63, 3.8) is 0 Å². The van der Waals surface area contributed by atoms with Crippen LogP contribution in [0.4, 0.5) is 0 Å². The lowest BCUT2D eigenvalue weighted by atomic mass is 10.0. The minimum Gasteiger partial charge on any atom is -0.394 e. The number of hydrogen-bond donors (Lipinski definition) is 5. The first-order valence-electron chi connectivity index (χ1n) is 4.89. The van der Waals surface area contributed by atoms with Crippen LogP contribution < -0.4 is 0 Å². The van der Waals surface area contributed by atoms with Gasteiger partial charge in [0.15, 0.2) is 5.78 Å². The molecule has 0 aliphatic carbocycles. The average molecular weight is 238 g/mol. The van der Waals surface area contributed by atoms with Crippen molar-refractivity contribution in [1.29, 1.82) is 0 Å². The molecule has 0 heterocycles. The van der Waals surface area contributed by atoms with Crippen LogP contribution in [-0.2, 0) is 9.53 Å². The Morgan fingerprint density at radius 1 is 1.19 bits per heavy atom. The maximum absolute atomic E-state index is 11.2. The normalized spacial score (nSPS) is 18.9. The number of aliphatic hydroxyl groups is 5. The lowest BCUT2D eigenvalue weighted by Crippen LogP contribution is -2.49. The lowest BCUT2D eigenvalue weighted by Gasteiger charge is -2.24. The molecule has 5 N–H and O–H groups in total.